The average molecular weight is 227 g/mol. The maximum Gasteiger partial charge on any atom is 0.244 e. The molecule has 5 heteroatoms. The van der Waals surface area contributed by atoms with E-state index in [1.165, 1.54) is 0 Å². The summed E-state index contributed by atoms with van der Waals surface area (Å²) in [4.78, 5) is 4.28. The minimum Gasteiger partial charge on any atom is -0.381 e. The highest BCUT2D eigenvalue weighted by Crippen LogP contribution is 2.29. The summed E-state index contributed by atoms with van der Waals surface area (Å²) in [6.07, 6.45) is 0.716. The summed E-state index contributed by atoms with van der Waals surface area (Å²) in [5, 5.41) is 3.89. The molecule has 2 atom stereocenters. The van der Waals surface area contributed by atoms with Crippen LogP contribution in [0, 0.1) is 5.41 Å². The molecule has 0 radical (unpaired) electrons. The van der Waals surface area contributed by atoms with E-state index >= 15 is 0 Å². The lowest BCUT2D eigenvalue weighted by Gasteiger charge is -2.23. The molecule has 5 nitrogen and oxygen atoms in total. The Labute approximate surface area is 96.4 Å². The second-order valence-electron chi connectivity index (χ2n) is 5.14. The van der Waals surface area contributed by atoms with Crippen LogP contribution >= 0.6 is 0 Å². The van der Waals surface area contributed by atoms with Crippen LogP contribution in [0.2, 0.25) is 0 Å². The first-order valence-electron chi connectivity index (χ1n) is 5.45. The van der Waals surface area contributed by atoms with Crippen LogP contribution in [0.5, 0.6) is 0 Å². The van der Waals surface area contributed by atoms with Crippen molar-refractivity contribution in [3.8, 4) is 0 Å². The largest absolute Gasteiger partial charge is 0.381 e. The second kappa shape index (κ2) is 4.93. The lowest BCUT2D eigenvalue weighted by atomic mass is 9.87. The standard InChI is InChI=1S/C11H21N3O2/c1-7(15-5)6-8-13-10(16-14-8)9(12)11(2,3)4/h7,9H,6,12H2,1-5H3/t7?,9-/m1/s1. The molecule has 1 heterocycles. The molecule has 0 spiro atoms. The first-order chi connectivity index (χ1) is 7.34. The van der Waals surface area contributed by atoms with Crippen molar-refractivity contribution in [2.45, 2.75) is 46.3 Å². The lowest BCUT2D eigenvalue weighted by molar-refractivity contribution is 0.116. The Morgan fingerprint density at radius 2 is 2.06 bits per heavy atom. The van der Waals surface area contributed by atoms with Gasteiger partial charge in [-0.25, -0.2) is 0 Å². The van der Waals surface area contributed by atoms with E-state index in [-0.39, 0.29) is 17.6 Å². The molecule has 0 bridgehead atoms. The molecule has 0 saturated heterocycles. The van der Waals surface area contributed by atoms with Gasteiger partial charge in [-0.15, -0.1) is 0 Å². The van der Waals surface area contributed by atoms with Gasteiger partial charge in [0.05, 0.1) is 12.1 Å². The van der Waals surface area contributed by atoms with Crippen molar-refractivity contribution in [3.05, 3.63) is 11.7 Å². The molecule has 0 aliphatic carbocycles. The summed E-state index contributed by atoms with van der Waals surface area (Å²) < 4.78 is 10.3. The first-order valence-corrected chi connectivity index (χ1v) is 5.45. The summed E-state index contributed by atoms with van der Waals surface area (Å²) in [6, 6.07) is -0.244. The Morgan fingerprint density at radius 1 is 1.44 bits per heavy atom. The molecule has 1 aromatic rings. The van der Waals surface area contributed by atoms with Gasteiger partial charge in [0.2, 0.25) is 5.89 Å². The normalized spacial score (nSPS) is 16.1. The SMILES string of the molecule is COC(C)Cc1noc([C@@H](N)C(C)(C)C)n1. The topological polar surface area (TPSA) is 74.2 Å². The van der Waals surface area contributed by atoms with E-state index in [2.05, 4.69) is 10.1 Å². The number of rotatable bonds is 4. The predicted molar refractivity (Wildman–Crippen MR) is 60.9 cm³/mol. The smallest absolute Gasteiger partial charge is 0.244 e. The van der Waals surface area contributed by atoms with Crippen molar-refractivity contribution in [2.24, 2.45) is 11.1 Å². The quantitative estimate of drug-likeness (QED) is 0.847. The Bertz CT molecular complexity index is 330. The zero-order chi connectivity index (χ0) is 12.3. The van der Waals surface area contributed by atoms with Crippen molar-refractivity contribution in [1.29, 1.82) is 0 Å². The van der Waals surface area contributed by atoms with Gasteiger partial charge in [0, 0.05) is 13.5 Å². The van der Waals surface area contributed by atoms with E-state index in [1.54, 1.807) is 7.11 Å². The van der Waals surface area contributed by atoms with Crippen LogP contribution in [0.1, 0.15) is 45.5 Å². The molecule has 1 aromatic heterocycles. The lowest BCUT2D eigenvalue weighted by Crippen LogP contribution is -2.26. The van der Waals surface area contributed by atoms with Crippen LogP contribution in [-0.4, -0.2) is 23.4 Å². The van der Waals surface area contributed by atoms with Gasteiger partial charge in [-0.3, -0.25) is 0 Å². The number of ether oxygens (including phenoxy) is 1. The molecule has 0 amide bonds. The fraction of sp³-hybridized carbons (Fsp3) is 0.818. The van der Waals surface area contributed by atoms with Gasteiger partial charge in [-0.2, -0.15) is 4.98 Å². The molecular weight excluding hydrogens is 206 g/mol. The molecule has 92 valence electrons. The van der Waals surface area contributed by atoms with Crippen LogP contribution in [0.25, 0.3) is 0 Å². The maximum atomic E-state index is 6.02. The van der Waals surface area contributed by atoms with E-state index in [4.69, 9.17) is 15.0 Å². The van der Waals surface area contributed by atoms with Crippen molar-refractivity contribution in [3.63, 3.8) is 0 Å². The summed E-state index contributed by atoms with van der Waals surface area (Å²) in [6.45, 7) is 8.08. The highest BCUT2D eigenvalue weighted by molar-refractivity contribution is 4.97. The average Bonchev–Trinajstić information content (AvgIpc) is 2.63. The summed E-state index contributed by atoms with van der Waals surface area (Å²) >= 11 is 0. The Hall–Kier alpha value is -0.940. The first kappa shape index (κ1) is 13.1. The zero-order valence-corrected chi connectivity index (χ0v) is 10.7. The number of hydrogen-bond acceptors (Lipinski definition) is 5. The van der Waals surface area contributed by atoms with Gasteiger partial charge in [-0.1, -0.05) is 25.9 Å². The van der Waals surface area contributed by atoms with Crippen molar-refractivity contribution < 1.29 is 9.26 Å². The molecule has 1 unspecified atom stereocenters. The number of hydrogen-bond donors (Lipinski definition) is 1. The van der Waals surface area contributed by atoms with E-state index < -0.39 is 0 Å². The van der Waals surface area contributed by atoms with Crippen molar-refractivity contribution in [1.82, 2.24) is 10.1 Å². The second-order valence-corrected chi connectivity index (χ2v) is 5.14. The molecule has 0 aliphatic heterocycles. The number of methoxy groups -OCH3 is 1. The number of nitrogens with two attached hydrogens (primary N) is 1. The van der Waals surface area contributed by atoms with Gasteiger partial charge < -0.3 is 15.0 Å². The summed E-state index contributed by atoms with van der Waals surface area (Å²) in [5.74, 6) is 1.13. The molecule has 0 saturated carbocycles. The van der Waals surface area contributed by atoms with Crippen LogP contribution in [0.15, 0.2) is 4.52 Å². The third kappa shape index (κ3) is 3.28. The number of nitrogens with zero attached hydrogens (tertiary/aromatic N) is 2. The third-order valence-corrected chi connectivity index (χ3v) is 2.56. The fourth-order valence-electron chi connectivity index (χ4n) is 1.19. The molecule has 16 heavy (non-hydrogen) atoms. The molecular formula is C11H21N3O2. The third-order valence-electron chi connectivity index (χ3n) is 2.56. The summed E-state index contributed by atoms with van der Waals surface area (Å²) in [5.41, 5.74) is 5.93. The number of aromatic nitrogens is 2. The molecule has 0 fully saturated rings. The van der Waals surface area contributed by atoms with Crippen LogP contribution in [0.3, 0.4) is 0 Å². The van der Waals surface area contributed by atoms with Gasteiger partial charge in [-0.05, 0) is 12.3 Å². The monoisotopic (exact) mass is 227 g/mol. The minimum atomic E-state index is -0.244. The maximum absolute atomic E-state index is 6.02. The van der Waals surface area contributed by atoms with E-state index in [1.807, 2.05) is 27.7 Å². The van der Waals surface area contributed by atoms with E-state index in [0.717, 1.165) is 0 Å². The van der Waals surface area contributed by atoms with Gasteiger partial charge in [0.25, 0.3) is 0 Å². The Kier molecular flexibility index (Phi) is 4.04. The van der Waals surface area contributed by atoms with Gasteiger partial charge in [0.15, 0.2) is 5.82 Å². The molecule has 0 aromatic carbocycles. The highest BCUT2D eigenvalue weighted by atomic mass is 16.5. The predicted octanol–water partition coefficient (Wildman–Crippen LogP) is 1.69. The van der Waals surface area contributed by atoms with E-state index in [0.29, 0.717) is 18.1 Å². The van der Waals surface area contributed by atoms with Gasteiger partial charge >= 0.3 is 0 Å². The van der Waals surface area contributed by atoms with Gasteiger partial charge in [0.1, 0.15) is 0 Å². The van der Waals surface area contributed by atoms with Crippen LogP contribution in [0.4, 0.5) is 0 Å². The Balaban J connectivity index is 2.71. The molecule has 1 rings (SSSR count). The zero-order valence-electron chi connectivity index (χ0n) is 10.7. The molecule has 2 N–H and O–H groups in total. The fourth-order valence-corrected chi connectivity index (χ4v) is 1.19. The highest BCUT2D eigenvalue weighted by Gasteiger charge is 2.27. The molecule has 0 aliphatic rings. The van der Waals surface area contributed by atoms with E-state index in [9.17, 15) is 0 Å². The van der Waals surface area contributed by atoms with Crippen LogP contribution in [-0.2, 0) is 11.2 Å². The minimum absolute atomic E-state index is 0.0799. The Morgan fingerprint density at radius 3 is 2.56 bits per heavy atom. The van der Waals surface area contributed by atoms with Crippen LogP contribution < -0.4 is 5.73 Å². The summed E-state index contributed by atoms with van der Waals surface area (Å²) in [7, 11) is 1.66. The van der Waals surface area contributed by atoms with Crippen molar-refractivity contribution >= 4 is 0 Å². The van der Waals surface area contributed by atoms with Crippen molar-refractivity contribution in [2.75, 3.05) is 7.11 Å².